The molecular weight excluding hydrogens is 300 g/mol. The minimum atomic E-state index is -0.337. The van der Waals surface area contributed by atoms with Crippen LogP contribution in [0.25, 0.3) is 15.3 Å². The number of aromatic amines is 1. The van der Waals surface area contributed by atoms with E-state index in [0.29, 0.717) is 5.13 Å². The quantitative estimate of drug-likeness (QED) is 0.789. The number of nitrogens with zero attached hydrogens (tertiary/aromatic N) is 3. The van der Waals surface area contributed by atoms with Crippen molar-refractivity contribution < 1.29 is 0 Å². The molecule has 0 radical (unpaired) electrons. The standard InChI is InChI=1S/C15H16N4O2S/c20-13-17-19(14-16-11-8-4-5-9-12(11)22-14)15(21)18(13)10-6-2-1-3-7-10/h4-5,8-10H,1-3,6-7H2,(H,17,20). The van der Waals surface area contributed by atoms with Gasteiger partial charge in [-0.15, -0.1) is 0 Å². The molecule has 0 unspecified atom stereocenters. The van der Waals surface area contributed by atoms with Gasteiger partial charge in [0.2, 0.25) is 5.13 Å². The molecule has 0 atom stereocenters. The molecule has 0 spiro atoms. The molecule has 22 heavy (non-hydrogen) atoms. The molecule has 1 saturated carbocycles. The fourth-order valence-electron chi connectivity index (χ4n) is 3.14. The second-order valence-corrected chi connectivity index (χ2v) is 6.67. The highest BCUT2D eigenvalue weighted by Gasteiger charge is 2.22. The summed E-state index contributed by atoms with van der Waals surface area (Å²) in [5, 5.41) is 3.16. The molecule has 4 rings (SSSR count). The van der Waals surface area contributed by atoms with Gasteiger partial charge in [-0.05, 0) is 25.0 Å². The molecule has 0 aliphatic heterocycles. The third kappa shape index (κ3) is 2.12. The van der Waals surface area contributed by atoms with E-state index in [9.17, 15) is 9.59 Å². The fraction of sp³-hybridized carbons (Fsp3) is 0.400. The van der Waals surface area contributed by atoms with E-state index in [4.69, 9.17) is 0 Å². The van der Waals surface area contributed by atoms with Crippen LogP contribution in [-0.4, -0.2) is 19.3 Å². The second kappa shape index (κ2) is 5.24. The Bertz CT molecular complexity index is 894. The van der Waals surface area contributed by atoms with Crippen LogP contribution in [0.1, 0.15) is 38.1 Å². The summed E-state index contributed by atoms with van der Waals surface area (Å²) in [5.41, 5.74) is 0.188. The number of rotatable bonds is 2. The first-order chi connectivity index (χ1) is 10.7. The average Bonchev–Trinajstić information content (AvgIpc) is 3.09. The van der Waals surface area contributed by atoms with E-state index in [-0.39, 0.29) is 17.4 Å². The number of hydrogen-bond donors (Lipinski definition) is 1. The maximum atomic E-state index is 12.6. The van der Waals surface area contributed by atoms with Gasteiger partial charge < -0.3 is 0 Å². The van der Waals surface area contributed by atoms with Crippen LogP contribution in [0.4, 0.5) is 0 Å². The van der Waals surface area contributed by atoms with Gasteiger partial charge in [0.15, 0.2) is 0 Å². The largest absolute Gasteiger partial charge is 0.354 e. The lowest BCUT2D eigenvalue weighted by Crippen LogP contribution is -2.33. The Morgan fingerprint density at radius 1 is 1.14 bits per heavy atom. The van der Waals surface area contributed by atoms with Crippen LogP contribution >= 0.6 is 11.3 Å². The summed E-state index contributed by atoms with van der Waals surface area (Å²) in [7, 11) is 0. The number of benzene rings is 1. The van der Waals surface area contributed by atoms with Crippen molar-refractivity contribution in [2.24, 2.45) is 0 Å². The molecule has 114 valence electrons. The molecule has 0 saturated heterocycles. The fourth-order valence-corrected chi connectivity index (χ4v) is 4.06. The maximum Gasteiger partial charge on any atom is 0.354 e. The molecule has 1 aliphatic rings. The average molecular weight is 316 g/mol. The first kappa shape index (κ1) is 13.5. The van der Waals surface area contributed by atoms with Crippen molar-refractivity contribution in [1.82, 2.24) is 19.3 Å². The number of hydrogen-bond acceptors (Lipinski definition) is 4. The van der Waals surface area contributed by atoms with Crippen molar-refractivity contribution in [1.29, 1.82) is 0 Å². The molecule has 2 heterocycles. The minimum absolute atomic E-state index is 0.0145. The molecule has 7 heteroatoms. The monoisotopic (exact) mass is 316 g/mol. The van der Waals surface area contributed by atoms with E-state index in [1.807, 2.05) is 24.3 Å². The summed E-state index contributed by atoms with van der Waals surface area (Å²) in [6, 6.07) is 7.71. The molecule has 2 aromatic heterocycles. The number of H-pyrrole nitrogens is 1. The number of thiazole rings is 1. The number of aromatic nitrogens is 4. The topological polar surface area (TPSA) is 72.7 Å². The Hall–Kier alpha value is -2.15. The first-order valence-corrected chi connectivity index (χ1v) is 8.35. The molecular formula is C15H16N4O2S. The predicted octanol–water partition coefficient (Wildman–Crippen LogP) is 2.44. The lowest BCUT2D eigenvalue weighted by molar-refractivity contribution is 0.340. The highest BCUT2D eigenvalue weighted by Crippen LogP contribution is 2.26. The summed E-state index contributed by atoms with van der Waals surface area (Å²) < 4.78 is 3.64. The smallest absolute Gasteiger partial charge is 0.246 e. The van der Waals surface area contributed by atoms with Crippen LogP contribution in [0.15, 0.2) is 33.9 Å². The molecule has 1 fully saturated rings. The molecule has 3 aromatic rings. The highest BCUT2D eigenvalue weighted by molar-refractivity contribution is 7.20. The zero-order chi connectivity index (χ0) is 15.1. The van der Waals surface area contributed by atoms with Gasteiger partial charge in [-0.1, -0.05) is 42.7 Å². The second-order valence-electron chi connectivity index (χ2n) is 5.66. The van der Waals surface area contributed by atoms with E-state index < -0.39 is 0 Å². The highest BCUT2D eigenvalue weighted by atomic mass is 32.1. The van der Waals surface area contributed by atoms with E-state index in [1.165, 1.54) is 27.0 Å². The van der Waals surface area contributed by atoms with Gasteiger partial charge in [0, 0.05) is 6.04 Å². The Labute approximate surface area is 130 Å². The Balaban J connectivity index is 1.82. The predicted molar refractivity (Wildman–Crippen MR) is 85.9 cm³/mol. The van der Waals surface area contributed by atoms with Crippen molar-refractivity contribution in [3.63, 3.8) is 0 Å². The lowest BCUT2D eigenvalue weighted by atomic mass is 9.95. The van der Waals surface area contributed by atoms with E-state index in [1.54, 1.807) is 0 Å². The molecule has 1 aliphatic carbocycles. The number of nitrogens with one attached hydrogen (secondary N) is 1. The van der Waals surface area contributed by atoms with Gasteiger partial charge in [-0.25, -0.2) is 24.2 Å². The third-order valence-corrected chi connectivity index (χ3v) is 5.26. The maximum absolute atomic E-state index is 12.6. The van der Waals surface area contributed by atoms with Gasteiger partial charge in [-0.2, -0.15) is 4.68 Å². The van der Waals surface area contributed by atoms with E-state index >= 15 is 0 Å². The number of fused-ring (bicyclic) bond motifs is 1. The van der Waals surface area contributed by atoms with Crippen LogP contribution in [0.3, 0.4) is 0 Å². The van der Waals surface area contributed by atoms with Gasteiger partial charge >= 0.3 is 11.4 Å². The van der Waals surface area contributed by atoms with E-state index in [2.05, 4.69) is 10.1 Å². The Morgan fingerprint density at radius 2 is 1.91 bits per heavy atom. The van der Waals surface area contributed by atoms with E-state index in [0.717, 1.165) is 35.9 Å². The first-order valence-electron chi connectivity index (χ1n) is 7.53. The SMILES string of the molecule is O=c1[nH]n(-c2nc3ccccc3s2)c(=O)n1C1CCCCC1. The van der Waals surface area contributed by atoms with Crippen LogP contribution < -0.4 is 11.4 Å². The normalized spacial score (nSPS) is 16.4. The molecule has 1 N–H and O–H groups in total. The van der Waals surface area contributed by atoms with Crippen LogP contribution in [-0.2, 0) is 0 Å². The summed E-state index contributed by atoms with van der Waals surface area (Å²) in [5.74, 6) is 0. The molecule has 1 aromatic carbocycles. The summed E-state index contributed by atoms with van der Waals surface area (Å²) in [6.45, 7) is 0. The van der Waals surface area contributed by atoms with Gasteiger partial charge in [0.1, 0.15) is 0 Å². The minimum Gasteiger partial charge on any atom is -0.246 e. The summed E-state index contributed by atoms with van der Waals surface area (Å²) in [4.78, 5) is 29.3. The van der Waals surface area contributed by atoms with Crippen molar-refractivity contribution in [3.8, 4) is 5.13 Å². The van der Waals surface area contributed by atoms with Crippen LogP contribution in [0.2, 0.25) is 0 Å². The van der Waals surface area contributed by atoms with Crippen molar-refractivity contribution in [2.75, 3.05) is 0 Å². The van der Waals surface area contributed by atoms with Gasteiger partial charge in [-0.3, -0.25) is 0 Å². The molecule has 6 nitrogen and oxygen atoms in total. The third-order valence-electron chi connectivity index (χ3n) is 4.24. The Kier molecular flexibility index (Phi) is 3.22. The summed E-state index contributed by atoms with van der Waals surface area (Å²) in [6.07, 6.45) is 5.12. The molecule has 0 amide bonds. The zero-order valence-corrected chi connectivity index (χ0v) is 12.8. The summed E-state index contributed by atoms with van der Waals surface area (Å²) >= 11 is 1.40. The van der Waals surface area contributed by atoms with Crippen molar-refractivity contribution in [2.45, 2.75) is 38.1 Å². The van der Waals surface area contributed by atoms with Crippen molar-refractivity contribution >= 4 is 21.6 Å². The Morgan fingerprint density at radius 3 is 2.68 bits per heavy atom. The van der Waals surface area contributed by atoms with Crippen LogP contribution in [0, 0.1) is 0 Å². The molecule has 0 bridgehead atoms. The van der Waals surface area contributed by atoms with Crippen molar-refractivity contribution in [3.05, 3.63) is 45.2 Å². The van der Waals surface area contributed by atoms with Gasteiger partial charge in [0.25, 0.3) is 0 Å². The zero-order valence-electron chi connectivity index (χ0n) is 12.0. The van der Waals surface area contributed by atoms with Gasteiger partial charge in [0.05, 0.1) is 10.2 Å². The lowest BCUT2D eigenvalue weighted by Gasteiger charge is -2.20. The van der Waals surface area contributed by atoms with Crippen LogP contribution in [0.5, 0.6) is 0 Å². The number of para-hydroxylation sites is 1.